The SMILES string of the molecule is CC(C)(C)[Si](C)(C)OC[C@H]1O[C@@H](n2cnc3c(=O)[nH]cnc32)[C@H](OC(=S)Nc2ccccc2)[C@@H]1OC(=S)Nc1ccccc1. The lowest BCUT2D eigenvalue weighted by atomic mass is 10.1. The Balaban J connectivity index is 1.50. The van der Waals surface area contributed by atoms with Gasteiger partial charge in [0.1, 0.15) is 6.10 Å². The molecule has 44 heavy (non-hydrogen) atoms. The van der Waals surface area contributed by atoms with Crippen molar-refractivity contribution in [2.75, 3.05) is 17.2 Å². The Morgan fingerprint density at radius 1 is 0.955 bits per heavy atom. The fourth-order valence-corrected chi connectivity index (χ4v) is 5.95. The van der Waals surface area contributed by atoms with Gasteiger partial charge in [0, 0.05) is 11.4 Å². The van der Waals surface area contributed by atoms with Crippen molar-refractivity contribution in [2.45, 2.75) is 63.4 Å². The van der Waals surface area contributed by atoms with E-state index in [1.165, 1.54) is 12.7 Å². The molecular formula is C30H36N6O5S2Si. The van der Waals surface area contributed by atoms with E-state index in [1.54, 1.807) is 4.57 Å². The lowest BCUT2D eigenvalue weighted by molar-refractivity contribution is -0.0465. The molecular weight excluding hydrogens is 617 g/mol. The molecule has 11 nitrogen and oxygen atoms in total. The van der Waals surface area contributed by atoms with Gasteiger partial charge in [-0.05, 0) is 66.8 Å². The van der Waals surface area contributed by atoms with Gasteiger partial charge in [-0.1, -0.05) is 57.2 Å². The Kier molecular flexibility index (Phi) is 9.46. The summed E-state index contributed by atoms with van der Waals surface area (Å²) in [6.45, 7) is 11.1. The van der Waals surface area contributed by atoms with Crippen molar-refractivity contribution in [3.05, 3.63) is 83.7 Å². The molecule has 4 aromatic rings. The summed E-state index contributed by atoms with van der Waals surface area (Å²) in [6.07, 6.45) is -0.281. The fraction of sp³-hybridized carbons (Fsp3) is 0.367. The van der Waals surface area contributed by atoms with Gasteiger partial charge in [-0.15, -0.1) is 0 Å². The van der Waals surface area contributed by atoms with Crippen LogP contribution in [0, 0.1) is 0 Å². The standard InChI is InChI=1S/C30H36N6O5S2Si/c1-30(2,3)44(4,5)38-16-21-23(40-28(42)34-19-12-8-6-9-13-19)24(41-29(43)35-20-14-10-7-11-15-20)27(39-21)36-18-33-22-25(36)31-17-32-26(22)37/h6-15,17-18,21,23-24,27H,16H2,1-5H3,(H,34,42)(H,35,43)(H,31,32,37)/t21-,23-,24-,27-/m1/s1. The fourth-order valence-electron chi connectivity index (χ4n) is 4.48. The molecule has 0 saturated carbocycles. The number of hydrogen-bond acceptors (Lipinski definition) is 9. The average Bonchev–Trinajstić information content (AvgIpc) is 3.54. The molecule has 2 aromatic carbocycles. The Bertz CT molecular complexity index is 1660. The highest BCUT2D eigenvalue weighted by Crippen LogP contribution is 2.40. The summed E-state index contributed by atoms with van der Waals surface area (Å²) in [6, 6.07) is 18.9. The highest BCUT2D eigenvalue weighted by molar-refractivity contribution is 7.80. The zero-order chi connectivity index (χ0) is 31.5. The van der Waals surface area contributed by atoms with Crippen molar-refractivity contribution in [3.8, 4) is 0 Å². The number of imidazole rings is 1. The number of hydrogen-bond donors (Lipinski definition) is 3. The highest BCUT2D eigenvalue weighted by Gasteiger charge is 2.51. The predicted molar refractivity (Wildman–Crippen MR) is 180 cm³/mol. The molecule has 1 saturated heterocycles. The average molecular weight is 653 g/mol. The van der Waals surface area contributed by atoms with E-state index in [4.69, 9.17) is 43.1 Å². The number of H-pyrrole nitrogens is 1. The maximum absolute atomic E-state index is 12.5. The first kappa shape index (κ1) is 31.7. The minimum absolute atomic E-state index is 0.0336. The van der Waals surface area contributed by atoms with Gasteiger partial charge < -0.3 is 34.3 Å². The monoisotopic (exact) mass is 652 g/mol. The third kappa shape index (κ3) is 7.16. The molecule has 0 amide bonds. The smallest absolute Gasteiger partial charge is 0.278 e. The van der Waals surface area contributed by atoms with Gasteiger partial charge in [0.2, 0.25) is 0 Å². The predicted octanol–water partition coefficient (Wildman–Crippen LogP) is 5.60. The van der Waals surface area contributed by atoms with E-state index >= 15 is 0 Å². The van der Waals surface area contributed by atoms with Crippen molar-refractivity contribution in [2.24, 2.45) is 0 Å². The second kappa shape index (κ2) is 13.1. The van der Waals surface area contributed by atoms with Crippen LogP contribution in [0.15, 0.2) is 78.1 Å². The summed E-state index contributed by atoms with van der Waals surface area (Å²) in [4.78, 5) is 23.7. The molecule has 3 heterocycles. The van der Waals surface area contributed by atoms with E-state index in [9.17, 15) is 4.79 Å². The molecule has 3 N–H and O–H groups in total. The quantitative estimate of drug-likeness (QED) is 0.163. The minimum atomic E-state index is -2.19. The lowest BCUT2D eigenvalue weighted by Gasteiger charge is -2.37. The summed E-state index contributed by atoms with van der Waals surface area (Å²) < 4.78 is 27.7. The molecule has 0 unspecified atom stereocenters. The number of rotatable bonds is 8. The van der Waals surface area contributed by atoms with Crippen LogP contribution < -0.4 is 16.2 Å². The van der Waals surface area contributed by atoms with Crippen molar-refractivity contribution in [1.82, 2.24) is 19.5 Å². The molecule has 14 heteroatoms. The van der Waals surface area contributed by atoms with E-state index in [1.807, 2.05) is 60.7 Å². The third-order valence-corrected chi connectivity index (χ3v) is 12.8. The normalized spacial score (nSPS) is 20.3. The number of fused-ring (bicyclic) bond motifs is 1. The largest absolute Gasteiger partial charge is 0.460 e. The van der Waals surface area contributed by atoms with Crippen LogP contribution in [-0.4, -0.2) is 63.1 Å². The zero-order valence-electron chi connectivity index (χ0n) is 25.1. The Morgan fingerprint density at radius 2 is 1.52 bits per heavy atom. The van der Waals surface area contributed by atoms with E-state index < -0.39 is 32.9 Å². The van der Waals surface area contributed by atoms with E-state index in [0.717, 1.165) is 11.4 Å². The van der Waals surface area contributed by atoms with Gasteiger partial charge >= 0.3 is 0 Å². The summed E-state index contributed by atoms with van der Waals surface area (Å²) in [7, 11) is -2.19. The van der Waals surface area contributed by atoms with Gasteiger partial charge in [-0.25, -0.2) is 9.97 Å². The summed E-state index contributed by atoms with van der Waals surface area (Å²) >= 11 is 11.3. The van der Waals surface area contributed by atoms with Crippen molar-refractivity contribution in [1.29, 1.82) is 0 Å². The second-order valence-electron chi connectivity index (χ2n) is 11.9. The molecule has 232 valence electrons. The van der Waals surface area contributed by atoms with Crippen LogP contribution in [0.4, 0.5) is 11.4 Å². The maximum atomic E-state index is 12.5. The molecule has 5 rings (SSSR count). The van der Waals surface area contributed by atoms with Gasteiger partial charge in [0.15, 0.2) is 37.9 Å². The summed E-state index contributed by atoms with van der Waals surface area (Å²) in [5, 5.41) is 6.44. The van der Waals surface area contributed by atoms with Gasteiger partial charge in [-0.3, -0.25) is 9.36 Å². The van der Waals surface area contributed by atoms with Gasteiger partial charge in [0.05, 0.1) is 19.3 Å². The van der Waals surface area contributed by atoms with Gasteiger partial charge in [-0.2, -0.15) is 0 Å². The maximum Gasteiger partial charge on any atom is 0.278 e. The molecule has 1 aliphatic rings. The molecule has 1 aliphatic heterocycles. The number of ether oxygens (including phenoxy) is 3. The van der Waals surface area contributed by atoms with Crippen LogP contribution >= 0.6 is 24.4 Å². The first-order valence-corrected chi connectivity index (χ1v) is 17.9. The molecule has 0 spiro atoms. The number of nitrogens with zero attached hydrogens (tertiary/aromatic N) is 3. The Labute approximate surface area is 267 Å². The molecule has 1 fully saturated rings. The number of benzene rings is 2. The van der Waals surface area contributed by atoms with Crippen molar-refractivity contribution >= 4 is 65.6 Å². The number of thiocarbonyl (C=S) groups is 2. The minimum Gasteiger partial charge on any atom is -0.460 e. The second-order valence-corrected chi connectivity index (χ2v) is 17.5. The van der Waals surface area contributed by atoms with E-state index in [0.29, 0.717) is 5.65 Å². The number of anilines is 2. The number of nitrogens with one attached hydrogen (secondary N) is 3. The number of aromatic nitrogens is 4. The number of aromatic amines is 1. The van der Waals surface area contributed by atoms with Crippen LogP contribution in [-0.2, 0) is 18.6 Å². The van der Waals surface area contributed by atoms with Crippen molar-refractivity contribution in [3.63, 3.8) is 0 Å². The molecule has 2 aromatic heterocycles. The zero-order valence-corrected chi connectivity index (χ0v) is 27.8. The van der Waals surface area contributed by atoms with Crippen LogP contribution in [0.5, 0.6) is 0 Å². The summed E-state index contributed by atoms with van der Waals surface area (Å²) in [5.74, 6) is 0. The summed E-state index contributed by atoms with van der Waals surface area (Å²) in [5.41, 5.74) is 1.64. The van der Waals surface area contributed by atoms with Crippen LogP contribution in [0.25, 0.3) is 11.2 Å². The lowest BCUT2D eigenvalue weighted by Crippen LogP contribution is -2.46. The first-order chi connectivity index (χ1) is 20.9. The third-order valence-electron chi connectivity index (χ3n) is 7.87. The Hall–Kier alpha value is -3.69. The van der Waals surface area contributed by atoms with Crippen molar-refractivity contribution < 1.29 is 18.6 Å². The molecule has 4 atom stereocenters. The topological polar surface area (TPSA) is 125 Å². The van der Waals surface area contributed by atoms with E-state index in [2.05, 4.69) is 59.5 Å². The van der Waals surface area contributed by atoms with Crippen LogP contribution in [0.3, 0.4) is 0 Å². The Morgan fingerprint density at radius 3 is 2.09 bits per heavy atom. The molecule has 0 bridgehead atoms. The van der Waals surface area contributed by atoms with Gasteiger partial charge in [0.25, 0.3) is 15.9 Å². The van der Waals surface area contributed by atoms with Crippen LogP contribution in [0.1, 0.15) is 27.0 Å². The van der Waals surface area contributed by atoms with E-state index in [-0.39, 0.29) is 33.1 Å². The highest BCUT2D eigenvalue weighted by atomic mass is 32.1. The van der Waals surface area contributed by atoms with Crippen LogP contribution in [0.2, 0.25) is 18.1 Å². The molecule has 0 aliphatic carbocycles. The first-order valence-electron chi connectivity index (χ1n) is 14.2. The molecule has 0 radical (unpaired) electrons. The number of para-hydroxylation sites is 2.